The molecule has 1 N–H and O–H groups in total. The molecule has 1 saturated heterocycles. The molecule has 0 radical (unpaired) electrons. The number of anilines is 1. The number of likely N-dealkylation sites (N-methyl/N-ethyl adjacent to an activating group) is 1. The summed E-state index contributed by atoms with van der Waals surface area (Å²) in [4.78, 5) is 2.19. The molecule has 1 fully saturated rings. The van der Waals surface area contributed by atoms with E-state index >= 15 is 0 Å². The van der Waals surface area contributed by atoms with Gasteiger partial charge in [0.25, 0.3) is 0 Å². The number of rotatable bonds is 3. The molecule has 1 aliphatic heterocycles. The Morgan fingerprint density at radius 3 is 3.00 bits per heavy atom. The van der Waals surface area contributed by atoms with Crippen LogP contribution in [0, 0.1) is 6.92 Å². The van der Waals surface area contributed by atoms with Gasteiger partial charge in [-0.15, -0.1) is 10.2 Å². The summed E-state index contributed by atoms with van der Waals surface area (Å²) in [6.45, 7) is 4.19. The average Bonchev–Trinajstić information content (AvgIpc) is 2.75. The van der Waals surface area contributed by atoms with Crippen molar-refractivity contribution in [1.29, 1.82) is 0 Å². The minimum atomic E-state index is 0.629. The van der Waals surface area contributed by atoms with Crippen LogP contribution in [0.15, 0.2) is 0 Å². The molecule has 0 saturated carbocycles. The van der Waals surface area contributed by atoms with Crippen molar-refractivity contribution < 1.29 is 0 Å². The van der Waals surface area contributed by atoms with Crippen LogP contribution in [0.3, 0.4) is 0 Å². The first-order valence-electron chi connectivity index (χ1n) is 5.00. The Labute approximate surface area is 88.3 Å². The molecule has 14 heavy (non-hydrogen) atoms. The summed E-state index contributed by atoms with van der Waals surface area (Å²) in [5.74, 6) is 0. The molecule has 1 aliphatic rings. The number of aryl methyl sites for hydroxylation is 1. The van der Waals surface area contributed by atoms with Crippen LogP contribution >= 0.6 is 11.3 Å². The van der Waals surface area contributed by atoms with Crippen molar-refractivity contribution in [3.63, 3.8) is 0 Å². The number of nitrogens with zero attached hydrogens (tertiary/aromatic N) is 3. The normalized spacial score (nSPS) is 21.4. The summed E-state index contributed by atoms with van der Waals surface area (Å²) in [5, 5.41) is 13.7. The number of aromatic nitrogens is 2. The van der Waals surface area contributed by atoms with Crippen molar-refractivity contribution >= 4 is 16.5 Å². The third-order valence-electron chi connectivity index (χ3n) is 2.50. The van der Waals surface area contributed by atoms with E-state index in [0.717, 1.165) is 23.2 Å². The molecule has 2 heterocycles. The van der Waals surface area contributed by atoms with Gasteiger partial charge in [-0.25, -0.2) is 0 Å². The molecule has 1 atom stereocenters. The molecule has 2 rings (SSSR count). The second kappa shape index (κ2) is 4.23. The molecule has 1 unspecified atom stereocenters. The minimum Gasteiger partial charge on any atom is -0.348 e. The van der Waals surface area contributed by atoms with Crippen molar-refractivity contribution in [2.75, 3.05) is 25.0 Å². The fraction of sp³-hybridized carbons (Fsp3) is 0.778. The molecule has 5 heteroatoms. The zero-order valence-electron chi connectivity index (χ0n) is 8.66. The van der Waals surface area contributed by atoms with Gasteiger partial charge in [0.05, 0.1) is 0 Å². The quantitative estimate of drug-likeness (QED) is 0.812. The smallest absolute Gasteiger partial charge is 0.208 e. The highest BCUT2D eigenvalue weighted by molar-refractivity contribution is 7.15. The minimum absolute atomic E-state index is 0.629. The van der Waals surface area contributed by atoms with Crippen LogP contribution in [-0.4, -0.2) is 36.4 Å². The van der Waals surface area contributed by atoms with Crippen LogP contribution in [0.1, 0.15) is 17.8 Å². The van der Waals surface area contributed by atoms with Crippen molar-refractivity contribution in [1.82, 2.24) is 15.5 Å². The van der Waals surface area contributed by atoms with E-state index in [9.17, 15) is 0 Å². The van der Waals surface area contributed by atoms with Gasteiger partial charge in [-0.2, -0.15) is 0 Å². The van der Waals surface area contributed by atoms with Gasteiger partial charge in [0, 0.05) is 19.6 Å². The van der Waals surface area contributed by atoms with Gasteiger partial charge in [-0.3, -0.25) is 0 Å². The highest BCUT2D eigenvalue weighted by Crippen LogP contribution is 2.19. The van der Waals surface area contributed by atoms with E-state index in [0.29, 0.717) is 6.04 Å². The molecule has 0 amide bonds. The largest absolute Gasteiger partial charge is 0.348 e. The standard InChI is InChI=1S/C9H16N4S/c1-7-11-12-9(14-7)13(2)6-8-4-3-5-10-8/h8,10H,3-6H2,1-2H3. The van der Waals surface area contributed by atoms with Crippen LogP contribution in [0.25, 0.3) is 0 Å². The molecule has 0 aromatic carbocycles. The molecule has 0 bridgehead atoms. The second-order valence-corrected chi connectivity index (χ2v) is 4.94. The second-order valence-electron chi connectivity index (χ2n) is 3.78. The van der Waals surface area contributed by atoms with Crippen LogP contribution in [0.5, 0.6) is 0 Å². The summed E-state index contributed by atoms with van der Waals surface area (Å²) < 4.78 is 0. The van der Waals surface area contributed by atoms with Gasteiger partial charge in [0.2, 0.25) is 5.13 Å². The topological polar surface area (TPSA) is 41.1 Å². The SMILES string of the molecule is Cc1nnc(N(C)CC2CCCN2)s1. The first-order valence-corrected chi connectivity index (χ1v) is 5.82. The van der Waals surface area contributed by atoms with Crippen molar-refractivity contribution in [3.05, 3.63) is 5.01 Å². The maximum Gasteiger partial charge on any atom is 0.208 e. The molecule has 0 spiro atoms. The third-order valence-corrected chi connectivity index (χ3v) is 3.45. The summed E-state index contributed by atoms with van der Waals surface area (Å²) >= 11 is 1.66. The lowest BCUT2D eigenvalue weighted by Crippen LogP contribution is -2.35. The molecule has 4 nitrogen and oxygen atoms in total. The summed E-state index contributed by atoms with van der Waals surface area (Å²) in [7, 11) is 2.08. The fourth-order valence-electron chi connectivity index (χ4n) is 1.76. The van der Waals surface area contributed by atoms with E-state index in [4.69, 9.17) is 0 Å². The Morgan fingerprint density at radius 1 is 1.57 bits per heavy atom. The predicted octanol–water partition coefficient (Wildman–Crippen LogP) is 1.03. The van der Waals surface area contributed by atoms with Gasteiger partial charge in [-0.05, 0) is 26.3 Å². The fourth-order valence-corrected chi connectivity index (χ4v) is 2.42. The van der Waals surface area contributed by atoms with E-state index in [-0.39, 0.29) is 0 Å². The van der Waals surface area contributed by atoms with Gasteiger partial charge in [0.15, 0.2) is 0 Å². The molecule has 0 aliphatic carbocycles. The molecule has 1 aromatic rings. The Kier molecular flexibility index (Phi) is 2.98. The zero-order chi connectivity index (χ0) is 9.97. The van der Waals surface area contributed by atoms with Gasteiger partial charge in [0.1, 0.15) is 5.01 Å². The molecular weight excluding hydrogens is 196 g/mol. The van der Waals surface area contributed by atoms with Crippen LogP contribution < -0.4 is 10.2 Å². The van der Waals surface area contributed by atoms with Gasteiger partial charge < -0.3 is 10.2 Å². The molecule has 1 aromatic heterocycles. The molecular formula is C9H16N4S. The Morgan fingerprint density at radius 2 is 2.43 bits per heavy atom. The molecule has 78 valence electrons. The Hall–Kier alpha value is -0.680. The maximum absolute atomic E-state index is 4.12. The van der Waals surface area contributed by atoms with E-state index < -0.39 is 0 Å². The first-order chi connectivity index (χ1) is 6.75. The van der Waals surface area contributed by atoms with Crippen molar-refractivity contribution in [2.45, 2.75) is 25.8 Å². The average molecular weight is 212 g/mol. The highest BCUT2D eigenvalue weighted by atomic mass is 32.1. The van der Waals surface area contributed by atoms with Gasteiger partial charge in [-0.1, -0.05) is 11.3 Å². The van der Waals surface area contributed by atoms with Crippen molar-refractivity contribution in [3.8, 4) is 0 Å². The van der Waals surface area contributed by atoms with Crippen LogP contribution in [-0.2, 0) is 0 Å². The van der Waals surface area contributed by atoms with Crippen molar-refractivity contribution in [2.24, 2.45) is 0 Å². The Bertz CT molecular complexity index is 293. The number of hydrogen-bond acceptors (Lipinski definition) is 5. The zero-order valence-corrected chi connectivity index (χ0v) is 9.47. The summed E-state index contributed by atoms with van der Waals surface area (Å²) in [6.07, 6.45) is 2.58. The number of nitrogens with one attached hydrogen (secondary N) is 1. The first kappa shape index (κ1) is 9.86. The van der Waals surface area contributed by atoms with Crippen LogP contribution in [0.2, 0.25) is 0 Å². The van der Waals surface area contributed by atoms with Crippen LogP contribution in [0.4, 0.5) is 5.13 Å². The van der Waals surface area contributed by atoms with Gasteiger partial charge >= 0.3 is 0 Å². The lowest BCUT2D eigenvalue weighted by Gasteiger charge is -2.19. The van der Waals surface area contributed by atoms with E-state index in [1.807, 2.05) is 6.92 Å². The third kappa shape index (κ3) is 2.22. The predicted molar refractivity (Wildman–Crippen MR) is 58.9 cm³/mol. The Balaban J connectivity index is 1.91. The van der Waals surface area contributed by atoms with E-state index in [1.165, 1.54) is 12.8 Å². The monoisotopic (exact) mass is 212 g/mol. The highest BCUT2D eigenvalue weighted by Gasteiger charge is 2.17. The lowest BCUT2D eigenvalue weighted by molar-refractivity contribution is 0.598. The summed E-state index contributed by atoms with van der Waals surface area (Å²) in [6, 6.07) is 0.629. The van der Waals surface area contributed by atoms with E-state index in [1.54, 1.807) is 11.3 Å². The lowest BCUT2D eigenvalue weighted by atomic mass is 10.2. The summed E-state index contributed by atoms with van der Waals surface area (Å²) in [5.41, 5.74) is 0. The number of hydrogen-bond donors (Lipinski definition) is 1. The van der Waals surface area contributed by atoms with E-state index in [2.05, 4.69) is 27.5 Å². The maximum atomic E-state index is 4.12.